The van der Waals surface area contributed by atoms with Crippen LogP contribution in [0.1, 0.15) is 19.4 Å². The van der Waals surface area contributed by atoms with E-state index in [2.05, 4.69) is 0 Å². The Balaban J connectivity index is 3.00. The molecule has 22 heavy (non-hydrogen) atoms. The summed E-state index contributed by atoms with van der Waals surface area (Å²) in [5.74, 6) is 1.27. The molecule has 0 saturated heterocycles. The fourth-order valence-corrected chi connectivity index (χ4v) is 4.12. The molecule has 1 atom stereocenters. The summed E-state index contributed by atoms with van der Waals surface area (Å²) < 4.78 is 34.1. The van der Waals surface area contributed by atoms with Crippen molar-refractivity contribution in [1.82, 2.24) is 0 Å². The molecule has 0 heterocycles. The Morgan fingerprint density at radius 3 is 2.14 bits per heavy atom. The first-order chi connectivity index (χ1) is 10.5. The maximum atomic E-state index is 12.8. The van der Waals surface area contributed by atoms with Gasteiger partial charge in [-0.2, -0.15) is 0 Å². The minimum absolute atomic E-state index is 0.214. The molecule has 0 aliphatic rings. The van der Waals surface area contributed by atoms with E-state index >= 15 is 0 Å². The summed E-state index contributed by atoms with van der Waals surface area (Å²) in [4.78, 5) is 0. The van der Waals surface area contributed by atoms with E-state index in [4.69, 9.17) is 24.3 Å². The zero-order valence-electron chi connectivity index (χ0n) is 13.7. The van der Waals surface area contributed by atoms with Crippen LogP contribution in [0.3, 0.4) is 0 Å². The van der Waals surface area contributed by atoms with Crippen LogP contribution in [0, 0.1) is 0 Å². The van der Waals surface area contributed by atoms with Crippen molar-refractivity contribution in [2.45, 2.75) is 25.9 Å². The third kappa shape index (κ3) is 4.71. The van der Waals surface area contributed by atoms with Gasteiger partial charge in [-0.3, -0.25) is 4.57 Å². The zero-order chi connectivity index (χ0) is 16.6. The van der Waals surface area contributed by atoms with Gasteiger partial charge < -0.3 is 24.3 Å². The summed E-state index contributed by atoms with van der Waals surface area (Å²) in [6, 6.07) is 5.56. The minimum Gasteiger partial charge on any atom is -0.493 e. The molecule has 7 heteroatoms. The predicted molar refractivity (Wildman–Crippen MR) is 87.0 cm³/mol. The van der Waals surface area contributed by atoms with Crippen molar-refractivity contribution in [3.05, 3.63) is 23.8 Å². The third-order valence-corrected chi connectivity index (χ3v) is 5.78. The van der Waals surface area contributed by atoms with Crippen LogP contribution in [0.15, 0.2) is 18.2 Å². The van der Waals surface area contributed by atoms with Gasteiger partial charge in [0.25, 0.3) is 0 Å². The van der Waals surface area contributed by atoms with Crippen molar-refractivity contribution in [2.24, 2.45) is 5.73 Å². The van der Waals surface area contributed by atoms with E-state index in [1.165, 1.54) is 0 Å². The molecule has 0 aromatic heterocycles. The molecule has 0 aliphatic heterocycles. The Morgan fingerprint density at radius 2 is 1.68 bits per heavy atom. The quantitative estimate of drug-likeness (QED) is 0.664. The molecule has 0 saturated carbocycles. The lowest BCUT2D eigenvalue weighted by Gasteiger charge is -2.25. The fourth-order valence-electron chi connectivity index (χ4n) is 2.21. The van der Waals surface area contributed by atoms with E-state index < -0.39 is 13.3 Å². The monoisotopic (exact) mass is 331 g/mol. The SMILES string of the molecule is CCOP(=O)(OCC)C(CN)Cc1ccc(OC)c(OC)c1. The molecule has 2 N–H and O–H groups in total. The van der Waals surface area contributed by atoms with Crippen LogP contribution in [0.2, 0.25) is 0 Å². The minimum atomic E-state index is -3.23. The van der Waals surface area contributed by atoms with E-state index in [9.17, 15) is 4.57 Å². The number of hydrogen-bond acceptors (Lipinski definition) is 6. The molecule has 0 spiro atoms. The summed E-state index contributed by atoms with van der Waals surface area (Å²) in [5.41, 5.74) is 6.35. The highest BCUT2D eigenvalue weighted by Gasteiger charge is 2.34. The molecule has 0 radical (unpaired) electrons. The standard InChI is InChI=1S/C15H26NO5P/c1-5-20-22(17,21-6-2)13(11-16)9-12-7-8-14(18-3)15(10-12)19-4/h7-8,10,13H,5-6,9,11,16H2,1-4H3. The number of methoxy groups -OCH3 is 2. The van der Waals surface area contributed by atoms with Gasteiger partial charge in [0.1, 0.15) is 0 Å². The summed E-state index contributed by atoms with van der Waals surface area (Å²) in [7, 11) is -0.0757. The highest BCUT2D eigenvalue weighted by atomic mass is 31.2. The molecule has 1 aromatic rings. The second-order valence-electron chi connectivity index (χ2n) is 4.66. The normalized spacial score (nSPS) is 13.0. The van der Waals surface area contributed by atoms with Gasteiger partial charge in [-0.05, 0) is 38.0 Å². The van der Waals surface area contributed by atoms with Gasteiger partial charge in [0.2, 0.25) is 0 Å². The lowest BCUT2D eigenvalue weighted by Crippen LogP contribution is -2.25. The molecular formula is C15H26NO5P. The highest BCUT2D eigenvalue weighted by Crippen LogP contribution is 2.53. The Bertz CT molecular complexity index is 499. The van der Waals surface area contributed by atoms with Gasteiger partial charge in [0, 0.05) is 6.54 Å². The molecule has 0 bridgehead atoms. The fraction of sp³-hybridized carbons (Fsp3) is 0.600. The van der Waals surface area contributed by atoms with Crippen molar-refractivity contribution in [1.29, 1.82) is 0 Å². The van der Waals surface area contributed by atoms with Crippen LogP contribution in [-0.2, 0) is 20.0 Å². The maximum absolute atomic E-state index is 12.8. The number of benzene rings is 1. The van der Waals surface area contributed by atoms with Crippen molar-refractivity contribution < 1.29 is 23.1 Å². The average Bonchev–Trinajstić information content (AvgIpc) is 2.52. The average molecular weight is 331 g/mol. The molecule has 0 fully saturated rings. The van der Waals surface area contributed by atoms with Crippen LogP contribution in [0.25, 0.3) is 0 Å². The molecule has 1 unspecified atom stereocenters. The lowest BCUT2D eigenvalue weighted by molar-refractivity contribution is 0.212. The van der Waals surface area contributed by atoms with Crippen molar-refractivity contribution in [3.8, 4) is 11.5 Å². The molecule has 126 valence electrons. The molecule has 0 aliphatic carbocycles. The van der Waals surface area contributed by atoms with E-state index in [0.29, 0.717) is 31.1 Å². The van der Waals surface area contributed by atoms with Gasteiger partial charge >= 0.3 is 7.60 Å². The topological polar surface area (TPSA) is 80.0 Å². The second kappa shape index (κ2) is 9.16. The Labute approximate surface area is 132 Å². The predicted octanol–water partition coefficient (Wildman–Crippen LogP) is 2.84. The largest absolute Gasteiger partial charge is 0.493 e. The van der Waals surface area contributed by atoms with Gasteiger partial charge in [0.05, 0.1) is 33.1 Å². The Morgan fingerprint density at radius 1 is 1.09 bits per heavy atom. The number of hydrogen-bond donors (Lipinski definition) is 1. The first-order valence-electron chi connectivity index (χ1n) is 7.34. The van der Waals surface area contributed by atoms with Crippen LogP contribution in [0.5, 0.6) is 11.5 Å². The van der Waals surface area contributed by atoms with Crippen LogP contribution < -0.4 is 15.2 Å². The van der Waals surface area contributed by atoms with E-state index in [1.54, 1.807) is 28.1 Å². The Kier molecular flexibility index (Phi) is 7.90. The van der Waals surface area contributed by atoms with Crippen molar-refractivity contribution >= 4 is 7.60 Å². The Hall–Kier alpha value is -1.07. The van der Waals surface area contributed by atoms with Crippen LogP contribution in [-0.4, -0.2) is 39.6 Å². The van der Waals surface area contributed by atoms with Gasteiger partial charge in [0.15, 0.2) is 11.5 Å². The van der Waals surface area contributed by atoms with Crippen molar-refractivity contribution in [2.75, 3.05) is 34.0 Å². The summed E-state index contributed by atoms with van der Waals surface area (Å²) in [5, 5.41) is 0. The van der Waals surface area contributed by atoms with E-state index in [-0.39, 0.29) is 6.54 Å². The summed E-state index contributed by atoms with van der Waals surface area (Å²) >= 11 is 0. The van der Waals surface area contributed by atoms with Gasteiger partial charge in [-0.1, -0.05) is 6.07 Å². The number of rotatable bonds is 10. The third-order valence-electron chi connectivity index (χ3n) is 3.26. The van der Waals surface area contributed by atoms with Crippen molar-refractivity contribution in [3.63, 3.8) is 0 Å². The zero-order valence-corrected chi connectivity index (χ0v) is 14.6. The first kappa shape index (κ1) is 19.0. The van der Waals surface area contributed by atoms with Gasteiger partial charge in [-0.15, -0.1) is 0 Å². The van der Waals surface area contributed by atoms with Gasteiger partial charge in [-0.25, -0.2) is 0 Å². The number of nitrogens with two attached hydrogens (primary N) is 1. The molecule has 6 nitrogen and oxygen atoms in total. The summed E-state index contributed by atoms with van der Waals surface area (Å²) in [6.45, 7) is 4.43. The van der Waals surface area contributed by atoms with Crippen LogP contribution in [0.4, 0.5) is 0 Å². The molecular weight excluding hydrogens is 305 g/mol. The highest BCUT2D eigenvalue weighted by molar-refractivity contribution is 7.54. The molecule has 1 aromatic carbocycles. The first-order valence-corrected chi connectivity index (χ1v) is 8.95. The molecule has 0 amide bonds. The van der Waals surface area contributed by atoms with E-state index in [0.717, 1.165) is 5.56 Å². The number of ether oxygens (including phenoxy) is 2. The van der Waals surface area contributed by atoms with E-state index in [1.807, 2.05) is 18.2 Å². The second-order valence-corrected chi connectivity index (χ2v) is 6.98. The smallest absolute Gasteiger partial charge is 0.335 e. The summed E-state index contributed by atoms with van der Waals surface area (Å²) in [6.07, 6.45) is 0.480. The lowest BCUT2D eigenvalue weighted by atomic mass is 10.1. The molecule has 1 rings (SSSR count). The maximum Gasteiger partial charge on any atom is 0.335 e. The van der Waals surface area contributed by atoms with Crippen LogP contribution >= 0.6 is 7.60 Å².